The number of H-pyrrole nitrogens is 1. The van der Waals surface area contributed by atoms with Crippen molar-refractivity contribution in [2.24, 2.45) is 11.5 Å². The number of aromatic hydroxyl groups is 1. The van der Waals surface area contributed by atoms with Gasteiger partial charge in [-0.25, -0.2) is 4.79 Å². The van der Waals surface area contributed by atoms with Gasteiger partial charge in [-0.1, -0.05) is 72.8 Å². The number of para-hydroxylation sites is 1. The van der Waals surface area contributed by atoms with Crippen LogP contribution in [-0.2, 0) is 78.4 Å². The molecule has 0 spiro atoms. The van der Waals surface area contributed by atoms with Crippen molar-refractivity contribution >= 4 is 106 Å². The molecule has 4 aromatic carbocycles. The van der Waals surface area contributed by atoms with Crippen molar-refractivity contribution in [2.75, 3.05) is 43.1 Å². The minimum Gasteiger partial charge on any atom is -0.508 e. The van der Waals surface area contributed by atoms with Gasteiger partial charge in [0.1, 0.15) is 60.1 Å². The normalized spacial score (nSPS) is 20.2. The number of nitrogens with zero attached hydrogens (tertiary/aromatic N) is 1. The number of aliphatic carboxylic acids is 1. The third-order valence-electron chi connectivity index (χ3n) is 15.9. The zero-order valence-electron chi connectivity index (χ0n) is 53.3. The molecule has 10 amide bonds. The molecule has 0 bridgehead atoms. The Morgan fingerprint density at radius 2 is 1.23 bits per heavy atom. The van der Waals surface area contributed by atoms with E-state index in [4.69, 9.17) is 17.2 Å². The molecule has 5 aromatic rings. The highest BCUT2D eigenvalue weighted by Gasteiger charge is 2.39. The predicted octanol–water partition coefficient (Wildman–Crippen LogP) is -2.08. The standard InChI is InChI=1S/C65H86N14O15S2/c1-35(80)54-63(91)75-50(29-37-11-5-4-6-12-37)64(92)79(3)52(24-26-96-34-53(83)70-32-44(68)56(84)72-47(27-38-16-20-41(67)21-17-38)59(87)76-51(33-95)61(89)78-55(36(2)81)65(93)94)62(90)74-48(28-39-18-22-42(82)23-19-39)58(86)73-49(30-40-31-69-45-14-8-7-13-43(40)45)60(88)71-46(57(85)77-54)15-9-10-25-66/h4-8,11-14,16-23,31,35-36,44,46-52,54-55,69,80-82,95H,9-10,15,24-30,32-34,66-68H2,1-3H3,(H,70,83)(H,71,88)(H,72,84)(H,73,86)(H,74,90)(H,75,91)(H,76,87)(H,77,85)(H,78,89)(H,93,94)/t35-,36-,44+,46+,47+,48+,49+,50+,51+,52-,54+,55+/m1/s1. The van der Waals surface area contributed by atoms with Crippen molar-refractivity contribution in [3.63, 3.8) is 0 Å². The summed E-state index contributed by atoms with van der Waals surface area (Å²) < 4.78 is 0. The third-order valence-corrected chi connectivity index (χ3v) is 17.3. The Balaban J connectivity index is 1.26. The van der Waals surface area contributed by atoms with E-state index in [0.717, 1.165) is 34.5 Å². The average molecular weight is 1370 g/mol. The number of anilines is 1. The number of nitrogen functional groups attached to an aromatic ring is 1. The highest BCUT2D eigenvalue weighted by molar-refractivity contribution is 7.99. The number of fused-ring (bicyclic) bond motifs is 1. The molecule has 0 radical (unpaired) electrons. The molecule has 29 nitrogen and oxygen atoms in total. The van der Waals surface area contributed by atoms with Crippen molar-refractivity contribution in [3.05, 3.63) is 132 Å². The van der Waals surface area contributed by atoms with Crippen molar-refractivity contribution in [1.82, 2.24) is 57.7 Å². The molecular formula is C65H86N14O15S2. The maximum absolute atomic E-state index is 15.2. The Morgan fingerprint density at radius 1 is 0.656 bits per heavy atom. The highest BCUT2D eigenvalue weighted by atomic mass is 32.2. The number of nitrogens with two attached hydrogens (primary N) is 3. The first-order chi connectivity index (χ1) is 45.8. The molecule has 0 aliphatic carbocycles. The number of hydrogen-bond acceptors (Lipinski definition) is 19. The van der Waals surface area contributed by atoms with E-state index in [1.807, 2.05) is 18.2 Å². The van der Waals surface area contributed by atoms with Crippen LogP contribution in [0.2, 0.25) is 0 Å². The first-order valence-electron chi connectivity index (χ1n) is 31.2. The molecule has 2 heterocycles. The summed E-state index contributed by atoms with van der Waals surface area (Å²) in [6.07, 6.45) is -1.47. The second-order valence-electron chi connectivity index (χ2n) is 23.4. The monoisotopic (exact) mass is 1370 g/mol. The molecule has 1 aromatic heterocycles. The number of carbonyl (C=O) groups is 11. The molecule has 0 saturated carbocycles. The first kappa shape index (κ1) is 75.8. The van der Waals surface area contributed by atoms with Crippen LogP contribution in [0.4, 0.5) is 5.69 Å². The summed E-state index contributed by atoms with van der Waals surface area (Å²) >= 11 is 5.14. The van der Waals surface area contributed by atoms with Gasteiger partial charge < -0.3 is 95.4 Å². The zero-order valence-corrected chi connectivity index (χ0v) is 55.0. The zero-order chi connectivity index (χ0) is 70.2. The summed E-state index contributed by atoms with van der Waals surface area (Å²) in [5, 5.41) is 64.8. The van der Waals surface area contributed by atoms with Gasteiger partial charge in [0, 0.05) is 67.8 Å². The smallest absolute Gasteiger partial charge is 0.328 e. The van der Waals surface area contributed by atoms with E-state index in [-0.39, 0.29) is 68.1 Å². The molecule has 6 rings (SSSR count). The summed E-state index contributed by atoms with van der Waals surface area (Å²) in [5.74, 6) is -10.9. The van der Waals surface area contributed by atoms with Gasteiger partial charge in [0.25, 0.3) is 0 Å². The van der Waals surface area contributed by atoms with Crippen LogP contribution in [0.15, 0.2) is 109 Å². The average Bonchev–Trinajstić information content (AvgIpc) is 1.51. The first-order valence-corrected chi connectivity index (χ1v) is 33.0. The van der Waals surface area contributed by atoms with E-state index in [1.165, 1.54) is 38.2 Å². The number of aromatic amines is 1. The number of amides is 10. The van der Waals surface area contributed by atoms with Gasteiger partial charge >= 0.3 is 5.97 Å². The third kappa shape index (κ3) is 22.7. The number of benzene rings is 4. The number of thioether (sulfide) groups is 1. The van der Waals surface area contributed by atoms with Crippen LogP contribution >= 0.6 is 24.4 Å². The molecule has 31 heteroatoms. The summed E-state index contributed by atoms with van der Waals surface area (Å²) in [5.41, 5.74) is 21.2. The summed E-state index contributed by atoms with van der Waals surface area (Å²) in [4.78, 5) is 159. The van der Waals surface area contributed by atoms with Crippen molar-refractivity contribution in [2.45, 2.75) is 138 Å². The number of aliphatic hydroxyl groups is 2. The van der Waals surface area contributed by atoms with E-state index in [9.17, 15) is 58.8 Å². The molecule has 518 valence electrons. The number of aliphatic hydroxyl groups excluding tert-OH is 2. The number of likely N-dealkylation sites (N-methyl/N-ethyl adjacent to an activating group) is 1. The Labute approximate surface area is 564 Å². The molecule has 1 fully saturated rings. The topological polar surface area (TPSA) is 474 Å². The summed E-state index contributed by atoms with van der Waals surface area (Å²) in [6, 6.07) is 13.0. The van der Waals surface area contributed by atoms with Crippen molar-refractivity contribution < 1.29 is 73.2 Å². The quantitative estimate of drug-likeness (QED) is 0.0139. The minimum atomic E-state index is -1.72. The van der Waals surface area contributed by atoms with Gasteiger partial charge in [-0.05, 0) is 104 Å². The lowest BCUT2D eigenvalue weighted by Crippen LogP contribution is -2.63. The number of aromatic nitrogens is 1. The lowest BCUT2D eigenvalue weighted by Gasteiger charge is -2.33. The fourth-order valence-electron chi connectivity index (χ4n) is 10.5. The molecule has 1 saturated heterocycles. The number of thiol groups is 1. The van der Waals surface area contributed by atoms with Crippen LogP contribution in [0.25, 0.3) is 10.9 Å². The summed E-state index contributed by atoms with van der Waals surface area (Å²) in [6.45, 7) is 2.20. The number of rotatable bonds is 29. The van der Waals surface area contributed by atoms with Crippen molar-refractivity contribution in [3.8, 4) is 5.75 Å². The molecule has 1 aliphatic heterocycles. The Kier molecular flexibility index (Phi) is 29.3. The fourth-order valence-corrected chi connectivity index (χ4v) is 11.5. The van der Waals surface area contributed by atoms with E-state index >= 15 is 14.4 Å². The summed E-state index contributed by atoms with van der Waals surface area (Å²) in [7, 11) is 1.31. The van der Waals surface area contributed by atoms with E-state index in [0.29, 0.717) is 40.8 Å². The van der Waals surface area contributed by atoms with Crippen LogP contribution in [0.5, 0.6) is 5.75 Å². The van der Waals surface area contributed by atoms with Crippen molar-refractivity contribution in [1.29, 1.82) is 0 Å². The number of carbonyl (C=O) groups excluding carboxylic acids is 10. The second kappa shape index (κ2) is 37.1. The number of carboxylic acid groups (broad SMARTS) is 1. The van der Waals surface area contributed by atoms with Gasteiger partial charge in [-0.2, -0.15) is 24.4 Å². The SMILES string of the molecule is C[C@@H](O)[C@H](NC(=O)[C@H](CS)NC(=O)[C@H](Cc1ccc(N)cc1)NC(=O)[C@@H](N)CNC(=O)CSCC[C@@H]1C(=O)N[C@@H](Cc2ccc(O)cc2)C(=O)N[C@@H](Cc2c[nH]c3ccccc23)C(=O)N[C@@H](CCCCN)C(=O)N[C@@H]([C@@H](C)O)C(=O)N[C@@H](Cc2ccccc2)C(=O)N1C)C(=O)O. The Morgan fingerprint density at radius 3 is 1.88 bits per heavy atom. The van der Waals surface area contributed by atoms with E-state index < -0.39 is 144 Å². The van der Waals surface area contributed by atoms with Gasteiger partial charge in [-0.15, -0.1) is 0 Å². The lowest BCUT2D eigenvalue weighted by molar-refractivity contribution is -0.145. The number of hydrogen-bond donors (Lipinski definition) is 18. The second-order valence-corrected chi connectivity index (χ2v) is 24.9. The Hall–Kier alpha value is -9.27. The molecule has 20 N–H and O–H groups in total. The molecule has 96 heavy (non-hydrogen) atoms. The van der Waals surface area contributed by atoms with E-state index in [1.54, 1.807) is 66.9 Å². The lowest BCUT2D eigenvalue weighted by atomic mass is 10.00. The van der Waals surface area contributed by atoms with Gasteiger partial charge in [0.05, 0.1) is 18.0 Å². The number of phenolic OH excluding ortho intramolecular Hbond substituents is 1. The fraction of sp³-hybridized carbons (Fsp3) is 0.431. The molecule has 12 atom stereocenters. The highest BCUT2D eigenvalue weighted by Crippen LogP contribution is 2.22. The van der Waals surface area contributed by atoms with E-state index in [2.05, 4.69) is 65.5 Å². The number of nitrogens with one attached hydrogen (secondary N) is 10. The number of unbranched alkanes of at least 4 members (excludes halogenated alkanes) is 1. The minimum absolute atomic E-state index is 0.0171. The number of phenols is 1. The van der Waals surface area contributed by atoms with Crippen LogP contribution in [-0.4, -0.2) is 205 Å². The Bertz CT molecular complexity index is 3490. The molecule has 1 aliphatic rings. The van der Waals surface area contributed by atoms with Crippen LogP contribution in [0, 0.1) is 0 Å². The van der Waals surface area contributed by atoms with Crippen LogP contribution in [0.3, 0.4) is 0 Å². The van der Waals surface area contributed by atoms with Gasteiger partial charge in [0.15, 0.2) is 6.04 Å². The predicted molar refractivity (Wildman–Crippen MR) is 361 cm³/mol. The molecular weight excluding hydrogens is 1280 g/mol. The molecule has 0 unspecified atom stereocenters. The largest absolute Gasteiger partial charge is 0.508 e. The maximum Gasteiger partial charge on any atom is 0.328 e. The van der Waals surface area contributed by atoms with Gasteiger partial charge in [0.2, 0.25) is 59.1 Å². The van der Waals surface area contributed by atoms with Crippen LogP contribution in [0.1, 0.15) is 61.8 Å². The number of carboxylic acids is 1. The van der Waals surface area contributed by atoms with Gasteiger partial charge in [-0.3, -0.25) is 47.9 Å². The maximum atomic E-state index is 15.2. The van der Waals surface area contributed by atoms with Crippen LogP contribution < -0.4 is 65.1 Å².